The second-order valence-electron chi connectivity index (χ2n) is 15.3. The molecule has 2 fully saturated rings. The third-order valence-corrected chi connectivity index (χ3v) is 12.2. The van der Waals surface area contributed by atoms with Crippen LogP contribution >= 0.6 is 11.8 Å². The van der Waals surface area contributed by atoms with Gasteiger partial charge in [-0.15, -0.1) is 11.8 Å². The molecule has 11 heteroatoms. The molecule has 0 aliphatic carbocycles. The first-order chi connectivity index (χ1) is 28.8. The van der Waals surface area contributed by atoms with Gasteiger partial charge in [0.25, 0.3) is 0 Å². The van der Waals surface area contributed by atoms with Gasteiger partial charge in [0.1, 0.15) is 36.6 Å². The van der Waals surface area contributed by atoms with Crippen molar-refractivity contribution in [2.75, 3.05) is 52.1 Å². The summed E-state index contributed by atoms with van der Waals surface area (Å²) < 4.78 is 41.1. The molecule has 2 aliphatic heterocycles. The van der Waals surface area contributed by atoms with E-state index in [0.29, 0.717) is 69.9 Å². The molecule has 308 valence electrons. The number of alkyl carbamates (subject to hydrolysis) is 1. The molecule has 1 N–H and O–H groups in total. The maximum absolute atomic E-state index is 14.9. The number of thioether (sulfide) groups is 1. The van der Waals surface area contributed by atoms with Crippen molar-refractivity contribution in [2.45, 2.75) is 50.0 Å². The van der Waals surface area contributed by atoms with Crippen LogP contribution in [0.5, 0.6) is 5.75 Å². The molecule has 1 atom stereocenters. The minimum absolute atomic E-state index is 0.0733. The Morgan fingerprint density at radius 1 is 0.729 bits per heavy atom. The Morgan fingerprint density at radius 2 is 1.41 bits per heavy atom. The van der Waals surface area contributed by atoms with Crippen LogP contribution in [-0.4, -0.2) is 84.8 Å². The quantitative estimate of drug-likeness (QED) is 0.106. The van der Waals surface area contributed by atoms with Crippen molar-refractivity contribution in [1.82, 2.24) is 20.0 Å². The van der Waals surface area contributed by atoms with Crippen LogP contribution in [0, 0.1) is 17.6 Å². The van der Waals surface area contributed by atoms with Gasteiger partial charge in [0.15, 0.2) is 0 Å². The van der Waals surface area contributed by atoms with E-state index >= 15 is 0 Å². The Labute approximate surface area is 350 Å². The average Bonchev–Trinajstić information content (AvgIpc) is 3.27. The van der Waals surface area contributed by atoms with Crippen molar-refractivity contribution in [3.63, 3.8) is 0 Å². The van der Waals surface area contributed by atoms with Crippen LogP contribution in [-0.2, 0) is 35.7 Å². The third kappa shape index (κ3) is 11.7. The van der Waals surface area contributed by atoms with E-state index in [-0.39, 0.29) is 24.2 Å². The number of amides is 2. The second kappa shape index (κ2) is 20.6. The Bertz CT molecular complexity index is 2140. The lowest BCUT2D eigenvalue weighted by molar-refractivity contribution is -0.137. The lowest BCUT2D eigenvalue weighted by Gasteiger charge is -2.40. The van der Waals surface area contributed by atoms with Crippen molar-refractivity contribution >= 4 is 23.8 Å². The van der Waals surface area contributed by atoms with Crippen LogP contribution in [0.3, 0.4) is 0 Å². The molecule has 5 aromatic carbocycles. The van der Waals surface area contributed by atoms with E-state index in [0.717, 1.165) is 41.9 Å². The predicted octanol–water partition coefficient (Wildman–Crippen LogP) is 8.83. The minimum Gasteiger partial charge on any atom is -0.489 e. The van der Waals surface area contributed by atoms with E-state index in [1.807, 2.05) is 65.6 Å². The summed E-state index contributed by atoms with van der Waals surface area (Å²) in [6.07, 6.45) is 3.43. The summed E-state index contributed by atoms with van der Waals surface area (Å²) in [5.41, 5.74) is 5.28. The van der Waals surface area contributed by atoms with Crippen molar-refractivity contribution in [3.05, 3.63) is 155 Å². The highest BCUT2D eigenvalue weighted by Crippen LogP contribution is 2.31. The number of carbonyl (C=O) groups is 2. The highest BCUT2D eigenvalue weighted by Gasteiger charge is 2.36. The zero-order chi connectivity index (χ0) is 41.0. The summed E-state index contributed by atoms with van der Waals surface area (Å²) >= 11 is 1.74. The zero-order valence-electron chi connectivity index (χ0n) is 33.5. The summed E-state index contributed by atoms with van der Waals surface area (Å²) in [6.45, 7) is 5.97. The molecule has 2 amide bonds. The number of halogens is 2. The number of nitrogens with zero attached hydrogens (tertiary/aromatic N) is 3. The van der Waals surface area contributed by atoms with Gasteiger partial charge in [-0.05, 0) is 108 Å². The Morgan fingerprint density at radius 3 is 2.12 bits per heavy atom. The summed E-state index contributed by atoms with van der Waals surface area (Å²) in [6, 6.07) is 36.1. The van der Waals surface area contributed by atoms with Gasteiger partial charge in [-0.1, -0.05) is 84.9 Å². The number of likely N-dealkylation sites (tertiary alicyclic amines) is 1. The molecule has 2 saturated heterocycles. The number of hydrogen-bond acceptors (Lipinski definition) is 7. The van der Waals surface area contributed by atoms with E-state index in [9.17, 15) is 18.4 Å². The molecule has 59 heavy (non-hydrogen) atoms. The lowest BCUT2D eigenvalue weighted by Crippen LogP contribution is -2.58. The molecule has 2 aliphatic rings. The maximum atomic E-state index is 14.9. The van der Waals surface area contributed by atoms with Crippen LogP contribution in [0.4, 0.5) is 13.6 Å². The Hall–Kier alpha value is -5.23. The van der Waals surface area contributed by atoms with Crippen LogP contribution in [0.1, 0.15) is 35.1 Å². The van der Waals surface area contributed by atoms with Gasteiger partial charge in [-0.25, -0.2) is 13.6 Å². The summed E-state index contributed by atoms with van der Waals surface area (Å²) in [5.74, 6) is -0.529. The summed E-state index contributed by atoms with van der Waals surface area (Å²) in [4.78, 5) is 35.4. The molecule has 0 bridgehead atoms. The third-order valence-electron chi connectivity index (χ3n) is 11.3. The molecular weight excluding hydrogens is 767 g/mol. The van der Waals surface area contributed by atoms with E-state index in [4.69, 9.17) is 9.47 Å². The van der Waals surface area contributed by atoms with Gasteiger partial charge in [0.2, 0.25) is 5.91 Å². The fraction of sp³-hybridized carbons (Fsp3) is 0.333. The van der Waals surface area contributed by atoms with E-state index < -0.39 is 18.0 Å². The van der Waals surface area contributed by atoms with Crippen molar-refractivity contribution in [1.29, 1.82) is 0 Å². The molecule has 7 rings (SSSR count). The molecule has 0 saturated carbocycles. The van der Waals surface area contributed by atoms with Gasteiger partial charge < -0.3 is 24.6 Å². The normalized spacial score (nSPS) is 15.7. The minimum atomic E-state index is -0.717. The van der Waals surface area contributed by atoms with Crippen LogP contribution in [0.25, 0.3) is 11.1 Å². The SMILES string of the molecule is CSc1ccccc1CN1CCN(C(=O)[C@H](NC(=O)OCc2ccccc2)C2CCN(CCc3cc(F)ccc3-c3cc(F)cc(OCc4ccccc4)c3)CC2)CC1. The van der Waals surface area contributed by atoms with Crippen molar-refractivity contribution < 1.29 is 27.8 Å². The van der Waals surface area contributed by atoms with Crippen LogP contribution in [0.2, 0.25) is 0 Å². The lowest BCUT2D eigenvalue weighted by atomic mass is 9.88. The van der Waals surface area contributed by atoms with E-state index in [1.54, 1.807) is 23.9 Å². The fourth-order valence-corrected chi connectivity index (χ4v) is 8.66. The largest absolute Gasteiger partial charge is 0.489 e. The molecule has 5 aromatic rings. The molecule has 0 unspecified atom stereocenters. The number of piperidine rings is 1. The molecule has 8 nitrogen and oxygen atoms in total. The number of nitrogens with one attached hydrogen (secondary N) is 1. The molecular formula is C48H52F2N4O4S. The number of benzene rings is 5. The smallest absolute Gasteiger partial charge is 0.408 e. The number of piperazine rings is 1. The monoisotopic (exact) mass is 818 g/mol. The van der Waals surface area contributed by atoms with Crippen molar-refractivity contribution in [3.8, 4) is 16.9 Å². The fourth-order valence-electron chi connectivity index (χ4n) is 8.05. The Balaban J connectivity index is 0.977. The molecule has 2 heterocycles. The number of ether oxygens (including phenoxy) is 2. The Kier molecular flexibility index (Phi) is 14.7. The van der Waals surface area contributed by atoms with Crippen LogP contribution in [0.15, 0.2) is 126 Å². The second-order valence-corrected chi connectivity index (χ2v) is 16.1. The van der Waals surface area contributed by atoms with Gasteiger partial charge in [-0.3, -0.25) is 9.69 Å². The van der Waals surface area contributed by atoms with E-state index in [1.165, 1.54) is 34.7 Å². The highest BCUT2D eigenvalue weighted by atomic mass is 32.2. The highest BCUT2D eigenvalue weighted by molar-refractivity contribution is 7.98. The van der Waals surface area contributed by atoms with E-state index in [2.05, 4.69) is 45.6 Å². The first-order valence-corrected chi connectivity index (χ1v) is 21.6. The average molecular weight is 819 g/mol. The molecule has 0 radical (unpaired) electrons. The number of hydrogen-bond donors (Lipinski definition) is 1. The van der Waals surface area contributed by atoms with Gasteiger partial charge in [0, 0.05) is 50.2 Å². The standard InChI is InChI=1S/C48H52F2N4O4S/c1-59-45-15-9-8-14-39(45)32-53-24-26-54(27-25-53)47(55)46(51-48(56)58-34-36-12-6-3-7-13-36)37-18-21-52(22-19-37)23-20-38-28-41(49)16-17-44(38)40-29-42(50)31-43(30-40)57-33-35-10-4-2-5-11-35/h2-17,28-31,37,46H,18-27,32-34H2,1H3,(H,51,56)/t46-/m1/s1. The maximum Gasteiger partial charge on any atom is 0.408 e. The number of rotatable bonds is 15. The van der Waals surface area contributed by atoms with Gasteiger partial charge >= 0.3 is 6.09 Å². The molecule has 0 aromatic heterocycles. The topological polar surface area (TPSA) is 74.3 Å². The number of carbonyl (C=O) groups excluding carboxylic acids is 2. The summed E-state index contributed by atoms with van der Waals surface area (Å²) in [5, 5.41) is 2.98. The zero-order valence-corrected chi connectivity index (χ0v) is 34.3. The van der Waals surface area contributed by atoms with Gasteiger partial charge in [0.05, 0.1) is 0 Å². The first-order valence-electron chi connectivity index (χ1n) is 20.4. The first kappa shape index (κ1) is 41.9. The van der Waals surface area contributed by atoms with Crippen LogP contribution < -0.4 is 10.1 Å². The summed E-state index contributed by atoms with van der Waals surface area (Å²) in [7, 11) is 0. The predicted molar refractivity (Wildman–Crippen MR) is 229 cm³/mol. The molecule has 0 spiro atoms. The van der Waals surface area contributed by atoms with Crippen molar-refractivity contribution in [2.24, 2.45) is 5.92 Å². The van der Waals surface area contributed by atoms with Gasteiger partial charge in [-0.2, -0.15) is 0 Å².